The maximum absolute atomic E-state index is 12.3. The summed E-state index contributed by atoms with van der Waals surface area (Å²) in [6.07, 6.45) is -6.30. The van der Waals surface area contributed by atoms with Crippen molar-refractivity contribution < 1.29 is 32.7 Å². The number of likely N-dealkylation sites (tertiary alicyclic amines) is 1. The number of halogens is 3. The Bertz CT molecular complexity index is 633. The molecule has 2 rings (SSSR count). The molecule has 1 fully saturated rings. The summed E-state index contributed by atoms with van der Waals surface area (Å²) in [4.78, 5) is 36.2. The molecule has 1 aromatic rings. The van der Waals surface area contributed by atoms with Gasteiger partial charge in [-0.25, -0.2) is 4.79 Å². The van der Waals surface area contributed by atoms with E-state index in [1.807, 2.05) is 5.32 Å². The van der Waals surface area contributed by atoms with E-state index in [4.69, 9.17) is 0 Å². The third-order valence-electron chi connectivity index (χ3n) is 3.60. The molecular formula is C15H15F3N2O4. The van der Waals surface area contributed by atoms with Gasteiger partial charge in [-0.3, -0.25) is 9.59 Å². The number of aliphatic carboxylic acids is 1. The summed E-state index contributed by atoms with van der Waals surface area (Å²) >= 11 is 0. The minimum Gasteiger partial charge on any atom is -0.479 e. The second kappa shape index (κ2) is 6.90. The number of alkyl halides is 3. The number of hydrogen-bond donors (Lipinski definition) is 2. The van der Waals surface area contributed by atoms with Gasteiger partial charge >= 0.3 is 12.1 Å². The van der Waals surface area contributed by atoms with Gasteiger partial charge in [0, 0.05) is 6.54 Å². The standard InChI is InChI=1S/C15H15F3N2O4/c16-15(17,18)8-11(21)19-10-6-7-20(13(10)22)12(14(23)24)9-4-2-1-3-5-9/h1-5,10,12H,6-8H2,(H,19,21)(H,23,24). The predicted molar refractivity (Wildman–Crippen MR) is 75.8 cm³/mol. The zero-order valence-corrected chi connectivity index (χ0v) is 12.4. The second-order valence-corrected chi connectivity index (χ2v) is 5.38. The summed E-state index contributed by atoms with van der Waals surface area (Å²) in [5, 5.41) is 11.4. The maximum atomic E-state index is 12.3. The van der Waals surface area contributed by atoms with Crippen molar-refractivity contribution in [2.24, 2.45) is 0 Å². The van der Waals surface area contributed by atoms with Crippen LogP contribution in [-0.4, -0.2) is 46.6 Å². The molecular weight excluding hydrogens is 329 g/mol. The highest BCUT2D eigenvalue weighted by molar-refractivity contribution is 5.92. The molecule has 9 heteroatoms. The molecule has 1 aliphatic rings. The zero-order valence-electron chi connectivity index (χ0n) is 12.4. The largest absolute Gasteiger partial charge is 0.479 e. The molecule has 0 aromatic heterocycles. The number of nitrogens with zero attached hydrogens (tertiary/aromatic N) is 1. The van der Waals surface area contributed by atoms with E-state index >= 15 is 0 Å². The lowest BCUT2D eigenvalue weighted by molar-refractivity contribution is -0.155. The molecule has 2 unspecified atom stereocenters. The van der Waals surface area contributed by atoms with Gasteiger partial charge in [-0.1, -0.05) is 30.3 Å². The second-order valence-electron chi connectivity index (χ2n) is 5.38. The molecule has 0 bridgehead atoms. The first-order chi connectivity index (χ1) is 11.2. The van der Waals surface area contributed by atoms with Crippen molar-refractivity contribution in [1.82, 2.24) is 10.2 Å². The molecule has 0 aliphatic carbocycles. The molecule has 6 nitrogen and oxygen atoms in total. The molecule has 2 N–H and O–H groups in total. The first-order valence-corrected chi connectivity index (χ1v) is 7.13. The maximum Gasteiger partial charge on any atom is 0.397 e. The fourth-order valence-electron chi connectivity index (χ4n) is 2.61. The van der Waals surface area contributed by atoms with Gasteiger partial charge in [0.15, 0.2) is 6.04 Å². The Morgan fingerprint density at radius 3 is 2.46 bits per heavy atom. The number of hydrogen-bond acceptors (Lipinski definition) is 3. The highest BCUT2D eigenvalue weighted by Gasteiger charge is 2.41. The van der Waals surface area contributed by atoms with E-state index in [0.29, 0.717) is 5.56 Å². The Hall–Kier alpha value is -2.58. The van der Waals surface area contributed by atoms with Crippen molar-refractivity contribution >= 4 is 17.8 Å². The Balaban J connectivity index is 2.09. The van der Waals surface area contributed by atoms with Crippen LogP contribution in [0.3, 0.4) is 0 Å². The summed E-state index contributed by atoms with van der Waals surface area (Å²) in [5.41, 5.74) is 0.376. The zero-order chi connectivity index (χ0) is 17.9. The third-order valence-corrected chi connectivity index (χ3v) is 3.60. The van der Waals surface area contributed by atoms with Crippen LogP contribution in [0, 0.1) is 0 Å². The van der Waals surface area contributed by atoms with Crippen molar-refractivity contribution in [2.45, 2.75) is 31.1 Å². The number of nitrogens with one attached hydrogen (secondary N) is 1. The minimum atomic E-state index is -4.67. The lowest BCUT2D eigenvalue weighted by Gasteiger charge is -2.25. The molecule has 2 amide bonds. The van der Waals surface area contributed by atoms with Gasteiger partial charge in [0.05, 0.1) is 0 Å². The smallest absolute Gasteiger partial charge is 0.397 e. The summed E-state index contributed by atoms with van der Waals surface area (Å²) in [7, 11) is 0. The molecule has 1 heterocycles. The third kappa shape index (κ3) is 4.24. The fourth-order valence-corrected chi connectivity index (χ4v) is 2.61. The number of carboxylic acids is 1. The van der Waals surface area contributed by atoms with Gasteiger partial charge in [0.2, 0.25) is 11.8 Å². The van der Waals surface area contributed by atoms with Crippen molar-refractivity contribution in [1.29, 1.82) is 0 Å². The molecule has 1 saturated heterocycles. The number of benzene rings is 1. The molecule has 1 aliphatic heterocycles. The monoisotopic (exact) mass is 344 g/mol. The average molecular weight is 344 g/mol. The summed E-state index contributed by atoms with van der Waals surface area (Å²) in [6, 6.07) is 5.62. The first kappa shape index (κ1) is 17.8. The van der Waals surface area contributed by atoms with E-state index in [-0.39, 0.29) is 13.0 Å². The number of amides is 2. The summed E-state index contributed by atoms with van der Waals surface area (Å²) in [5.74, 6) is -3.27. The van der Waals surface area contributed by atoms with Crippen LogP contribution < -0.4 is 5.32 Å². The van der Waals surface area contributed by atoms with Gasteiger partial charge < -0.3 is 15.3 Å². The first-order valence-electron chi connectivity index (χ1n) is 7.13. The SMILES string of the molecule is O=C(CC(F)(F)F)NC1CCN(C(C(=O)O)c2ccccc2)C1=O. The van der Waals surface area contributed by atoms with Crippen LogP contribution in [0.25, 0.3) is 0 Å². The Kier molecular flexibility index (Phi) is 5.10. The van der Waals surface area contributed by atoms with Gasteiger partial charge in [-0.05, 0) is 12.0 Å². The van der Waals surface area contributed by atoms with Gasteiger partial charge in [-0.2, -0.15) is 13.2 Å². The number of rotatable bonds is 5. The quantitative estimate of drug-likeness (QED) is 0.847. The molecule has 24 heavy (non-hydrogen) atoms. The Morgan fingerprint density at radius 1 is 1.29 bits per heavy atom. The number of carboxylic acid groups (broad SMARTS) is 1. The lowest BCUT2D eigenvalue weighted by atomic mass is 10.1. The molecule has 0 saturated carbocycles. The fraction of sp³-hybridized carbons (Fsp3) is 0.400. The van der Waals surface area contributed by atoms with E-state index in [2.05, 4.69) is 0 Å². The van der Waals surface area contributed by atoms with Crippen LogP contribution in [0.4, 0.5) is 13.2 Å². The highest BCUT2D eigenvalue weighted by Crippen LogP contribution is 2.27. The van der Waals surface area contributed by atoms with Gasteiger partial charge in [-0.15, -0.1) is 0 Å². The summed E-state index contributed by atoms with van der Waals surface area (Å²) in [6.45, 7) is 0.0294. The topological polar surface area (TPSA) is 86.7 Å². The Labute approximate surface area is 135 Å². The van der Waals surface area contributed by atoms with Crippen molar-refractivity contribution in [2.75, 3.05) is 6.54 Å². The van der Waals surface area contributed by atoms with Crippen LogP contribution >= 0.6 is 0 Å². The molecule has 0 spiro atoms. The van der Waals surface area contributed by atoms with Crippen LogP contribution in [-0.2, 0) is 14.4 Å². The number of carbonyl (C=O) groups excluding carboxylic acids is 2. The van der Waals surface area contributed by atoms with Gasteiger partial charge in [0.25, 0.3) is 0 Å². The van der Waals surface area contributed by atoms with E-state index in [0.717, 1.165) is 4.90 Å². The van der Waals surface area contributed by atoms with Crippen molar-refractivity contribution in [3.05, 3.63) is 35.9 Å². The summed E-state index contributed by atoms with van der Waals surface area (Å²) < 4.78 is 36.5. The van der Waals surface area contributed by atoms with Crippen molar-refractivity contribution in [3.8, 4) is 0 Å². The number of carbonyl (C=O) groups is 3. The molecule has 130 valence electrons. The lowest BCUT2D eigenvalue weighted by Crippen LogP contribution is -2.44. The Morgan fingerprint density at radius 2 is 1.92 bits per heavy atom. The van der Waals surface area contributed by atoms with Crippen LogP contribution in [0.2, 0.25) is 0 Å². The highest BCUT2D eigenvalue weighted by atomic mass is 19.4. The average Bonchev–Trinajstić information content (AvgIpc) is 2.80. The van der Waals surface area contributed by atoms with Crippen molar-refractivity contribution in [3.63, 3.8) is 0 Å². The minimum absolute atomic E-state index is 0.0294. The van der Waals surface area contributed by atoms with Crippen LogP contribution in [0.1, 0.15) is 24.4 Å². The van der Waals surface area contributed by atoms with E-state index in [1.54, 1.807) is 30.3 Å². The van der Waals surface area contributed by atoms with Gasteiger partial charge in [0.1, 0.15) is 12.5 Å². The predicted octanol–water partition coefficient (Wildman–Crippen LogP) is 1.48. The molecule has 2 atom stereocenters. The van der Waals surface area contributed by atoms with Crippen LogP contribution in [0.5, 0.6) is 0 Å². The molecule has 0 radical (unpaired) electrons. The molecule has 1 aromatic carbocycles. The van der Waals surface area contributed by atoms with E-state index in [9.17, 15) is 32.7 Å². The van der Waals surface area contributed by atoms with E-state index < -0.39 is 42.5 Å². The van der Waals surface area contributed by atoms with Crippen LogP contribution in [0.15, 0.2) is 30.3 Å². The normalized spacial score (nSPS) is 19.2. The van der Waals surface area contributed by atoms with E-state index in [1.165, 1.54) is 0 Å².